The molecule has 7 nitrogen and oxygen atoms in total. The summed E-state index contributed by atoms with van der Waals surface area (Å²) in [4.78, 5) is 17.6. The maximum atomic E-state index is 12.8. The Morgan fingerprint density at radius 1 is 1.17 bits per heavy atom. The van der Waals surface area contributed by atoms with Crippen LogP contribution in [-0.2, 0) is 7.05 Å². The molecule has 5 rings (SSSR count). The first-order chi connectivity index (χ1) is 14.6. The molecule has 0 unspecified atom stereocenters. The van der Waals surface area contributed by atoms with E-state index >= 15 is 0 Å². The molecule has 2 heterocycles. The highest BCUT2D eigenvalue weighted by Crippen LogP contribution is 2.36. The number of aromatic hydroxyl groups is 1. The van der Waals surface area contributed by atoms with Gasteiger partial charge in [0, 0.05) is 24.6 Å². The van der Waals surface area contributed by atoms with Crippen molar-refractivity contribution < 1.29 is 19.4 Å². The first kappa shape index (κ1) is 18.8. The van der Waals surface area contributed by atoms with Crippen molar-refractivity contribution in [1.29, 1.82) is 0 Å². The van der Waals surface area contributed by atoms with Crippen molar-refractivity contribution in [1.82, 2.24) is 14.9 Å². The lowest BCUT2D eigenvalue weighted by molar-refractivity contribution is 0.0923. The Morgan fingerprint density at radius 3 is 2.83 bits per heavy atom. The van der Waals surface area contributed by atoms with Crippen molar-refractivity contribution in [3.8, 4) is 17.2 Å². The summed E-state index contributed by atoms with van der Waals surface area (Å²) in [6.45, 7) is 1.03. The largest absolute Gasteiger partial charge is 0.506 e. The molecule has 0 spiro atoms. The topological polar surface area (TPSA) is 85.6 Å². The maximum Gasteiger partial charge on any atom is 0.251 e. The number of para-hydroxylation sites is 1. The molecule has 0 bridgehead atoms. The van der Waals surface area contributed by atoms with Gasteiger partial charge in [-0.25, -0.2) is 4.98 Å². The lowest BCUT2D eigenvalue weighted by Gasteiger charge is -2.29. The summed E-state index contributed by atoms with van der Waals surface area (Å²) in [5, 5.41) is 13.3. The van der Waals surface area contributed by atoms with Crippen LogP contribution in [0.5, 0.6) is 17.2 Å². The van der Waals surface area contributed by atoms with Crippen LogP contribution in [0.4, 0.5) is 0 Å². The second-order valence-corrected chi connectivity index (χ2v) is 8.07. The van der Waals surface area contributed by atoms with Gasteiger partial charge in [-0.3, -0.25) is 4.79 Å². The van der Waals surface area contributed by atoms with E-state index in [1.54, 1.807) is 24.3 Å². The van der Waals surface area contributed by atoms with Crippen molar-refractivity contribution in [2.45, 2.75) is 37.6 Å². The number of carbonyl (C=O) groups excluding carboxylic acids is 1. The zero-order chi connectivity index (χ0) is 20.7. The van der Waals surface area contributed by atoms with E-state index in [1.807, 2.05) is 19.2 Å². The molecule has 2 atom stereocenters. The summed E-state index contributed by atoms with van der Waals surface area (Å²) in [6, 6.07) is 10.9. The number of carbonyl (C=O) groups is 1. The lowest BCUT2D eigenvalue weighted by Crippen LogP contribution is -2.38. The number of aryl methyl sites for hydroxylation is 1. The van der Waals surface area contributed by atoms with E-state index in [0.717, 1.165) is 37.0 Å². The summed E-state index contributed by atoms with van der Waals surface area (Å²) in [5.41, 5.74) is 2.14. The Balaban J connectivity index is 1.32. The molecule has 1 aliphatic heterocycles. The normalized spacial score (nSPS) is 20.8. The molecule has 156 valence electrons. The second-order valence-electron chi connectivity index (χ2n) is 8.07. The zero-order valence-electron chi connectivity index (χ0n) is 16.9. The number of rotatable bonds is 3. The van der Waals surface area contributed by atoms with E-state index in [9.17, 15) is 9.90 Å². The number of phenolic OH excluding ortho intramolecular Hbond substituents is 1. The predicted molar refractivity (Wildman–Crippen MR) is 112 cm³/mol. The minimum absolute atomic E-state index is 0.0814. The number of aromatic nitrogens is 2. The molecule has 1 fully saturated rings. The Labute approximate surface area is 174 Å². The van der Waals surface area contributed by atoms with E-state index in [4.69, 9.17) is 14.5 Å². The molecule has 7 heteroatoms. The third kappa shape index (κ3) is 3.34. The molecule has 1 amide bonds. The molecule has 2 N–H and O–H groups in total. The van der Waals surface area contributed by atoms with Crippen LogP contribution in [0.3, 0.4) is 0 Å². The molecule has 2 aliphatic rings. The number of fused-ring (bicyclic) bond motifs is 2. The number of nitrogens with one attached hydrogen (secondary N) is 1. The molecule has 2 aromatic carbocycles. The van der Waals surface area contributed by atoms with Gasteiger partial charge in [0.15, 0.2) is 11.5 Å². The first-order valence-corrected chi connectivity index (χ1v) is 10.4. The highest BCUT2D eigenvalue weighted by atomic mass is 16.6. The second kappa shape index (κ2) is 7.55. The van der Waals surface area contributed by atoms with E-state index in [0.29, 0.717) is 35.8 Å². The number of benzene rings is 2. The van der Waals surface area contributed by atoms with Crippen LogP contribution in [0.25, 0.3) is 11.0 Å². The Morgan fingerprint density at radius 2 is 2.00 bits per heavy atom. The van der Waals surface area contributed by atoms with Crippen LogP contribution in [0.15, 0.2) is 36.4 Å². The average molecular weight is 407 g/mol. The van der Waals surface area contributed by atoms with Gasteiger partial charge in [0.05, 0.1) is 5.52 Å². The van der Waals surface area contributed by atoms with Crippen LogP contribution >= 0.6 is 0 Å². The van der Waals surface area contributed by atoms with Crippen molar-refractivity contribution in [2.24, 2.45) is 7.05 Å². The molecule has 1 aromatic heterocycles. The van der Waals surface area contributed by atoms with Crippen LogP contribution in [-0.4, -0.2) is 39.8 Å². The van der Waals surface area contributed by atoms with Gasteiger partial charge in [-0.2, -0.15) is 0 Å². The Kier molecular flexibility index (Phi) is 4.73. The SMILES string of the molecule is Cn1c([C@@H]2CCC[C@@H](NC(=O)c3ccc4c(c3)OCCO4)C2)nc2c(O)cccc21. The fourth-order valence-electron chi connectivity index (χ4n) is 4.59. The van der Waals surface area contributed by atoms with E-state index < -0.39 is 0 Å². The average Bonchev–Trinajstić information content (AvgIpc) is 3.11. The van der Waals surface area contributed by atoms with Gasteiger partial charge in [-0.15, -0.1) is 0 Å². The quantitative estimate of drug-likeness (QED) is 0.694. The summed E-state index contributed by atoms with van der Waals surface area (Å²) < 4.78 is 13.2. The highest BCUT2D eigenvalue weighted by Gasteiger charge is 2.28. The molecule has 1 saturated carbocycles. The predicted octanol–water partition coefficient (Wildman–Crippen LogP) is 3.51. The minimum Gasteiger partial charge on any atom is -0.506 e. The monoisotopic (exact) mass is 407 g/mol. The molecular formula is C23H25N3O4. The third-order valence-corrected chi connectivity index (χ3v) is 6.10. The third-order valence-electron chi connectivity index (χ3n) is 6.10. The van der Waals surface area contributed by atoms with Crippen molar-refractivity contribution in [3.63, 3.8) is 0 Å². The number of hydrogen-bond donors (Lipinski definition) is 2. The first-order valence-electron chi connectivity index (χ1n) is 10.4. The van der Waals surface area contributed by atoms with Gasteiger partial charge in [0.25, 0.3) is 5.91 Å². The molecule has 1 aliphatic carbocycles. The molecule has 0 radical (unpaired) electrons. The Bertz CT molecular complexity index is 1110. The van der Waals surface area contributed by atoms with Crippen LogP contribution in [0.1, 0.15) is 47.8 Å². The van der Waals surface area contributed by atoms with E-state index in [1.165, 1.54) is 0 Å². The van der Waals surface area contributed by atoms with E-state index in [2.05, 4.69) is 9.88 Å². The van der Waals surface area contributed by atoms with Gasteiger partial charge in [-0.05, 0) is 49.6 Å². The van der Waals surface area contributed by atoms with Crippen LogP contribution in [0.2, 0.25) is 0 Å². The fraction of sp³-hybridized carbons (Fsp3) is 0.391. The smallest absolute Gasteiger partial charge is 0.251 e. The Hall–Kier alpha value is -3.22. The van der Waals surface area contributed by atoms with Crippen molar-refractivity contribution >= 4 is 16.9 Å². The van der Waals surface area contributed by atoms with Gasteiger partial charge >= 0.3 is 0 Å². The lowest BCUT2D eigenvalue weighted by atomic mass is 9.85. The number of amides is 1. The summed E-state index contributed by atoms with van der Waals surface area (Å²) in [7, 11) is 1.99. The molecular weight excluding hydrogens is 382 g/mol. The summed E-state index contributed by atoms with van der Waals surface area (Å²) >= 11 is 0. The number of imidazole rings is 1. The van der Waals surface area contributed by atoms with Gasteiger partial charge in [-0.1, -0.05) is 12.5 Å². The molecule has 3 aromatic rings. The van der Waals surface area contributed by atoms with Crippen LogP contribution < -0.4 is 14.8 Å². The number of phenols is 1. The highest BCUT2D eigenvalue weighted by molar-refractivity contribution is 5.95. The van der Waals surface area contributed by atoms with Crippen molar-refractivity contribution in [3.05, 3.63) is 47.8 Å². The standard InChI is InChI=1S/C23H25N3O4/c1-26-17-6-3-7-18(27)21(17)25-22(26)14-4-2-5-16(12-14)24-23(28)15-8-9-19-20(13-15)30-11-10-29-19/h3,6-9,13-14,16,27H,2,4-5,10-12H2,1H3,(H,24,28)/t14-,16-/m1/s1. The number of hydrogen-bond acceptors (Lipinski definition) is 5. The number of ether oxygens (including phenoxy) is 2. The fourth-order valence-corrected chi connectivity index (χ4v) is 4.59. The van der Waals surface area contributed by atoms with Crippen molar-refractivity contribution in [2.75, 3.05) is 13.2 Å². The molecule has 0 saturated heterocycles. The van der Waals surface area contributed by atoms with Crippen LogP contribution in [0, 0.1) is 0 Å². The maximum absolute atomic E-state index is 12.8. The summed E-state index contributed by atoms with van der Waals surface area (Å²) in [6.07, 6.45) is 3.82. The minimum atomic E-state index is -0.0970. The summed E-state index contributed by atoms with van der Waals surface area (Å²) in [5.74, 6) is 2.61. The molecule has 30 heavy (non-hydrogen) atoms. The number of nitrogens with zero attached hydrogens (tertiary/aromatic N) is 2. The zero-order valence-corrected chi connectivity index (χ0v) is 16.9. The van der Waals surface area contributed by atoms with Gasteiger partial charge in [0.2, 0.25) is 0 Å². The van der Waals surface area contributed by atoms with Gasteiger partial charge < -0.3 is 24.5 Å². The van der Waals surface area contributed by atoms with E-state index in [-0.39, 0.29) is 23.6 Å². The van der Waals surface area contributed by atoms with Gasteiger partial charge in [0.1, 0.15) is 30.3 Å².